The van der Waals surface area contributed by atoms with Gasteiger partial charge in [0.15, 0.2) is 0 Å². The van der Waals surface area contributed by atoms with Gasteiger partial charge < -0.3 is 24.9 Å². The molecule has 0 radical (unpaired) electrons. The Morgan fingerprint density at radius 2 is 2.00 bits per heavy atom. The van der Waals surface area contributed by atoms with Gasteiger partial charge in [-0.05, 0) is 46.1 Å². The van der Waals surface area contributed by atoms with Gasteiger partial charge >= 0.3 is 12.3 Å². The van der Waals surface area contributed by atoms with Crippen molar-refractivity contribution in [3.05, 3.63) is 30.1 Å². The molecule has 1 saturated heterocycles. The van der Waals surface area contributed by atoms with Crippen LogP contribution in [0.15, 0.2) is 24.5 Å². The third-order valence-electron chi connectivity index (χ3n) is 6.78. The van der Waals surface area contributed by atoms with E-state index < -0.39 is 25.0 Å². The highest BCUT2D eigenvalue weighted by molar-refractivity contribution is 7.71. The predicted octanol–water partition coefficient (Wildman–Crippen LogP) is 5.04. The van der Waals surface area contributed by atoms with Gasteiger partial charge in [0.2, 0.25) is 5.95 Å². The van der Waals surface area contributed by atoms with E-state index in [2.05, 4.69) is 39.4 Å². The van der Waals surface area contributed by atoms with E-state index in [1.165, 1.54) is 38.6 Å². The highest BCUT2D eigenvalue weighted by atomic mass is 31.2. The van der Waals surface area contributed by atoms with Crippen molar-refractivity contribution >= 4 is 41.1 Å². The summed E-state index contributed by atoms with van der Waals surface area (Å²) in [6, 6.07) is 3.09. The van der Waals surface area contributed by atoms with Crippen LogP contribution in [0.25, 0.3) is 22.2 Å². The fourth-order valence-corrected chi connectivity index (χ4v) is 6.21. The number of anilines is 2. The first kappa shape index (κ1) is 27.9. The first-order valence-corrected chi connectivity index (χ1v) is 14.7. The van der Waals surface area contributed by atoms with Crippen molar-refractivity contribution in [2.45, 2.75) is 44.4 Å². The second-order valence-electron chi connectivity index (χ2n) is 10.5. The zero-order valence-corrected chi connectivity index (χ0v) is 23.0. The average Bonchev–Trinajstić information content (AvgIpc) is 3.26. The SMILES string of the molecule is COC(=O)N(C)c1ccc2c(-c3nc(N[C@H]4CCC(C)(C)NC4)ncc3C(F)(F)F)c[nH]c2c1P(C)(C)=O. The van der Waals surface area contributed by atoms with Crippen molar-refractivity contribution < 1.29 is 27.3 Å². The number of H-pyrrole nitrogens is 1. The number of carbonyl (C=O) groups is 1. The fourth-order valence-electron chi connectivity index (χ4n) is 4.71. The van der Waals surface area contributed by atoms with Gasteiger partial charge in [0.25, 0.3) is 0 Å². The van der Waals surface area contributed by atoms with Crippen molar-refractivity contribution in [3.8, 4) is 11.3 Å². The number of halogens is 3. The van der Waals surface area contributed by atoms with Crippen LogP contribution >= 0.6 is 7.14 Å². The Kier molecular flexibility index (Phi) is 7.26. The molecule has 1 aliphatic heterocycles. The van der Waals surface area contributed by atoms with Gasteiger partial charge in [0.1, 0.15) is 12.7 Å². The summed E-state index contributed by atoms with van der Waals surface area (Å²) in [4.78, 5) is 24.7. The zero-order chi connectivity index (χ0) is 28.0. The first-order valence-electron chi connectivity index (χ1n) is 12.1. The maximum Gasteiger partial charge on any atom is 0.419 e. The second kappa shape index (κ2) is 9.89. The molecule has 0 aliphatic carbocycles. The van der Waals surface area contributed by atoms with Gasteiger partial charge in [0.05, 0.1) is 29.3 Å². The van der Waals surface area contributed by atoms with Gasteiger partial charge in [-0.15, -0.1) is 0 Å². The number of rotatable bonds is 5. The standard InChI is InChI=1S/C25H32F3N6O3P/c1-24(2)10-9-14(11-31-24)32-22-30-13-17(25(26,27)28)19(33-22)16-12-29-20-15(16)7-8-18(21(20)38(5,6)36)34(3)23(35)37-4/h7-8,12-14,29,31H,9-11H2,1-6H3,(H,30,32,33)/t14-/m0/s1. The van der Waals surface area contributed by atoms with E-state index in [4.69, 9.17) is 4.74 Å². The summed E-state index contributed by atoms with van der Waals surface area (Å²) in [6.07, 6.45) is -1.47. The predicted molar refractivity (Wildman–Crippen MR) is 143 cm³/mol. The van der Waals surface area contributed by atoms with E-state index in [9.17, 15) is 22.5 Å². The van der Waals surface area contributed by atoms with Gasteiger partial charge in [-0.3, -0.25) is 4.90 Å². The smallest absolute Gasteiger partial charge is 0.419 e. The van der Waals surface area contributed by atoms with Crippen molar-refractivity contribution in [1.29, 1.82) is 0 Å². The minimum Gasteiger partial charge on any atom is -0.452 e. The van der Waals surface area contributed by atoms with Crippen LogP contribution in [-0.2, 0) is 15.5 Å². The summed E-state index contributed by atoms with van der Waals surface area (Å²) in [5, 5.41) is 7.29. The van der Waals surface area contributed by atoms with Gasteiger partial charge in [-0.1, -0.05) is 6.07 Å². The lowest BCUT2D eigenvalue weighted by atomic mass is 9.91. The van der Waals surface area contributed by atoms with Crippen LogP contribution in [0.5, 0.6) is 0 Å². The highest BCUT2D eigenvalue weighted by Crippen LogP contribution is 2.44. The molecule has 1 aliphatic rings. The molecule has 0 spiro atoms. The van der Waals surface area contributed by atoms with Crippen LogP contribution in [0.4, 0.5) is 29.6 Å². The van der Waals surface area contributed by atoms with Gasteiger partial charge in [-0.2, -0.15) is 13.2 Å². The monoisotopic (exact) mass is 552 g/mol. The summed E-state index contributed by atoms with van der Waals surface area (Å²) in [6.45, 7) is 7.89. The molecule has 3 aromatic rings. The number of aromatic nitrogens is 3. The molecule has 9 nitrogen and oxygen atoms in total. The van der Waals surface area contributed by atoms with Crippen LogP contribution < -0.4 is 20.8 Å². The first-order chi connectivity index (χ1) is 17.6. The van der Waals surface area contributed by atoms with Crippen LogP contribution in [-0.4, -0.2) is 66.7 Å². The summed E-state index contributed by atoms with van der Waals surface area (Å²) in [7, 11) is -0.327. The molecule has 206 valence electrons. The number of ether oxygens (including phenoxy) is 1. The Labute approximate surface area is 218 Å². The minimum absolute atomic E-state index is 0.00906. The number of carbonyl (C=O) groups excluding carboxylic acids is 1. The van der Waals surface area contributed by atoms with E-state index in [1.54, 1.807) is 12.1 Å². The van der Waals surface area contributed by atoms with E-state index in [0.29, 0.717) is 28.4 Å². The molecule has 0 bridgehead atoms. The Balaban J connectivity index is 1.84. The lowest BCUT2D eigenvalue weighted by Gasteiger charge is -2.36. The normalized spacial score (nSPS) is 17.9. The van der Waals surface area contributed by atoms with E-state index in [-0.39, 0.29) is 28.8 Å². The number of piperidine rings is 1. The van der Waals surface area contributed by atoms with E-state index in [0.717, 1.165) is 19.0 Å². The summed E-state index contributed by atoms with van der Waals surface area (Å²) < 4.78 is 60.3. The molecule has 1 atom stereocenters. The number of aromatic amines is 1. The molecular formula is C25H32F3N6O3P. The number of amides is 1. The lowest BCUT2D eigenvalue weighted by Crippen LogP contribution is -2.50. The minimum atomic E-state index is -4.70. The molecule has 3 N–H and O–H groups in total. The van der Waals surface area contributed by atoms with Gasteiger partial charge in [-0.25, -0.2) is 14.8 Å². The topological polar surface area (TPSA) is 112 Å². The highest BCUT2D eigenvalue weighted by Gasteiger charge is 2.37. The molecule has 1 fully saturated rings. The Morgan fingerprint density at radius 3 is 2.58 bits per heavy atom. The molecule has 1 amide bonds. The fraction of sp³-hybridized carbons (Fsp3) is 0.480. The molecular weight excluding hydrogens is 520 g/mol. The zero-order valence-electron chi connectivity index (χ0n) is 22.2. The number of hydrogen-bond acceptors (Lipinski definition) is 7. The van der Waals surface area contributed by atoms with E-state index in [1.807, 2.05) is 0 Å². The van der Waals surface area contributed by atoms with Crippen LogP contribution in [0.3, 0.4) is 0 Å². The molecule has 13 heteroatoms. The molecule has 1 aromatic carbocycles. The van der Waals surface area contributed by atoms with Crippen molar-refractivity contribution in [3.63, 3.8) is 0 Å². The maximum atomic E-state index is 14.1. The van der Waals surface area contributed by atoms with Crippen LogP contribution in [0.1, 0.15) is 32.3 Å². The van der Waals surface area contributed by atoms with Crippen molar-refractivity contribution in [1.82, 2.24) is 20.3 Å². The summed E-state index contributed by atoms with van der Waals surface area (Å²) >= 11 is 0. The van der Waals surface area contributed by atoms with Gasteiger partial charge in [0, 0.05) is 48.5 Å². The van der Waals surface area contributed by atoms with Crippen molar-refractivity contribution in [2.75, 3.05) is 44.2 Å². The van der Waals surface area contributed by atoms with Crippen LogP contribution in [0.2, 0.25) is 0 Å². The largest absolute Gasteiger partial charge is 0.452 e. The molecule has 2 aromatic heterocycles. The Morgan fingerprint density at radius 1 is 1.29 bits per heavy atom. The summed E-state index contributed by atoms with van der Waals surface area (Å²) in [5.74, 6) is 0.0905. The molecule has 0 saturated carbocycles. The van der Waals surface area contributed by atoms with Crippen molar-refractivity contribution in [2.24, 2.45) is 0 Å². The molecule has 3 heterocycles. The quantitative estimate of drug-likeness (QED) is 0.381. The summed E-state index contributed by atoms with van der Waals surface area (Å²) in [5.41, 5.74) is -0.415. The number of methoxy groups -OCH3 is 1. The number of nitrogens with one attached hydrogen (secondary N) is 3. The second-order valence-corrected chi connectivity index (χ2v) is 13.7. The van der Waals surface area contributed by atoms with E-state index >= 15 is 0 Å². The number of nitrogens with zero attached hydrogens (tertiary/aromatic N) is 3. The Bertz CT molecular complexity index is 1410. The lowest BCUT2D eigenvalue weighted by molar-refractivity contribution is -0.137. The number of alkyl halides is 3. The third-order valence-corrected chi connectivity index (χ3v) is 8.31. The molecule has 0 unspecified atom stereocenters. The number of benzene rings is 1. The molecule has 4 rings (SSSR count). The average molecular weight is 553 g/mol. The maximum absolute atomic E-state index is 14.1. The third kappa shape index (κ3) is 5.51. The van der Waals surface area contributed by atoms with Crippen LogP contribution in [0, 0.1) is 0 Å². The molecule has 38 heavy (non-hydrogen) atoms. The number of fused-ring (bicyclic) bond motifs is 1. The Hall–Kier alpha value is -3.11. The number of hydrogen-bond donors (Lipinski definition) is 3.